The lowest BCUT2D eigenvalue weighted by atomic mass is 9.97. The lowest BCUT2D eigenvalue weighted by Crippen LogP contribution is -2.35. The number of carboxylic acids is 1. The quantitative estimate of drug-likeness (QED) is 0.870. The molecular weight excluding hydrogens is 242 g/mol. The van der Waals surface area contributed by atoms with Gasteiger partial charge >= 0.3 is 5.97 Å². The fourth-order valence-corrected chi connectivity index (χ4v) is 2.85. The number of aromatic nitrogens is 1. The van der Waals surface area contributed by atoms with Crippen molar-refractivity contribution in [3.8, 4) is 0 Å². The third-order valence-corrected chi connectivity index (χ3v) is 3.80. The van der Waals surface area contributed by atoms with E-state index in [1.54, 1.807) is 6.07 Å². The highest BCUT2D eigenvalue weighted by molar-refractivity contribution is 5.99. The SMILES string of the molecule is O=C(O)c1ccnc2c1CC(CC1CCCCN1)=N2. The summed E-state index contributed by atoms with van der Waals surface area (Å²) >= 11 is 0. The van der Waals surface area contributed by atoms with Gasteiger partial charge in [0, 0.05) is 36.4 Å². The molecule has 5 nitrogen and oxygen atoms in total. The van der Waals surface area contributed by atoms with Gasteiger partial charge in [0.05, 0.1) is 5.56 Å². The van der Waals surface area contributed by atoms with Gasteiger partial charge in [-0.25, -0.2) is 14.8 Å². The second kappa shape index (κ2) is 5.09. The largest absolute Gasteiger partial charge is 0.478 e. The summed E-state index contributed by atoms with van der Waals surface area (Å²) in [6.45, 7) is 1.07. The molecule has 0 saturated carbocycles. The van der Waals surface area contributed by atoms with Crippen LogP contribution in [0.4, 0.5) is 5.82 Å². The molecule has 2 N–H and O–H groups in total. The normalized spacial score (nSPS) is 21.9. The minimum Gasteiger partial charge on any atom is -0.478 e. The molecule has 2 aliphatic rings. The number of fused-ring (bicyclic) bond motifs is 1. The van der Waals surface area contributed by atoms with Crippen LogP contribution in [0.1, 0.15) is 41.6 Å². The fraction of sp³-hybridized carbons (Fsp3) is 0.500. The summed E-state index contributed by atoms with van der Waals surface area (Å²) < 4.78 is 0. The second-order valence-corrected chi connectivity index (χ2v) is 5.17. The monoisotopic (exact) mass is 259 g/mol. The van der Waals surface area contributed by atoms with Gasteiger partial charge in [-0.15, -0.1) is 0 Å². The van der Waals surface area contributed by atoms with Crippen LogP contribution in [0.25, 0.3) is 0 Å². The van der Waals surface area contributed by atoms with Gasteiger partial charge in [-0.2, -0.15) is 0 Å². The maximum atomic E-state index is 11.2. The number of hydrogen-bond acceptors (Lipinski definition) is 4. The van der Waals surface area contributed by atoms with Crippen molar-refractivity contribution in [2.24, 2.45) is 4.99 Å². The van der Waals surface area contributed by atoms with Crippen LogP contribution in [0.15, 0.2) is 17.3 Å². The number of carbonyl (C=O) groups is 1. The number of carboxylic acid groups (broad SMARTS) is 1. The topological polar surface area (TPSA) is 74.6 Å². The molecule has 0 bridgehead atoms. The molecule has 5 heteroatoms. The molecule has 1 aromatic heterocycles. The van der Waals surface area contributed by atoms with Crippen LogP contribution in [-0.4, -0.2) is 34.4 Å². The molecule has 3 rings (SSSR count). The summed E-state index contributed by atoms with van der Waals surface area (Å²) in [5.41, 5.74) is 2.15. The molecule has 0 aliphatic carbocycles. The van der Waals surface area contributed by atoms with Gasteiger partial charge in [0.1, 0.15) is 0 Å². The molecule has 100 valence electrons. The first-order valence-corrected chi connectivity index (χ1v) is 6.75. The number of pyridine rings is 1. The van der Waals surface area contributed by atoms with Crippen LogP contribution in [0.3, 0.4) is 0 Å². The molecule has 0 spiro atoms. The Labute approximate surface area is 111 Å². The molecule has 19 heavy (non-hydrogen) atoms. The average molecular weight is 259 g/mol. The summed E-state index contributed by atoms with van der Waals surface area (Å²) in [6.07, 6.45) is 6.73. The van der Waals surface area contributed by atoms with Crippen LogP contribution in [-0.2, 0) is 6.42 Å². The molecule has 0 amide bonds. The molecule has 1 aromatic rings. The van der Waals surface area contributed by atoms with E-state index in [4.69, 9.17) is 5.11 Å². The van der Waals surface area contributed by atoms with E-state index in [9.17, 15) is 4.79 Å². The minimum absolute atomic E-state index is 0.334. The van der Waals surface area contributed by atoms with E-state index in [1.165, 1.54) is 25.5 Å². The van der Waals surface area contributed by atoms with Crippen molar-refractivity contribution in [2.75, 3.05) is 6.54 Å². The summed E-state index contributed by atoms with van der Waals surface area (Å²) in [6, 6.07) is 2.04. The van der Waals surface area contributed by atoms with E-state index in [0.29, 0.717) is 23.8 Å². The van der Waals surface area contributed by atoms with Crippen molar-refractivity contribution in [1.29, 1.82) is 0 Å². The van der Waals surface area contributed by atoms with E-state index in [2.05, 4.69) is 15.3 Å². The van der Waals surface area contributed by atoms with E-state index in [-0.39, 0.29) is 0 Å². The molecule has 3 heterocycles. The number of aromatic carboxylic acids is 1. The predicted molar refractivity (Wildman–Crippen MR) is 72.3 cm³/mol. The first kappa shape index (κ1) is 12.3. The Morgan fingerprint density at radius 2 is 2.37 bits per heavy atom. The van der Waals surface area contributed by atoms with E-state index < -0.39 is 5.97 Å². The van der Waals surface area contributed by atoms with Crippen LogP contribution < -0.4 is 5.32 Å². The second-order valence-electron chi connectivity index (χ2n) is 5.17. The highest BCUT2D eigenvalue weighted by atomic mass is 16.4. The van der Waals surface area contributed by atoms with Crippen LogP contribution in [0, 0.1) is 0 Å². The zero-order valence-corrected chi connectivity index (χ0v) is 10.7. The Bertz CT molecular complexity index is 533. The van der Waals surface area contributed by atoms with Gasteiger partial charge in [0.2, 0.25) is 0 Å². The third-order valence-electron chi connectivity index (χ3n) is 3.80. The minimum atomic E-state index is -0.897. The number of rotatable bonds is 3. The van der Waals surface area contributed by atoms with Gasteiger partial charge in [-0.1, -0.05) is 6.42 Å². The predicted octanol–water partition coefficient (Wildman–Crippen LogP) is 1.94. The number of hydrogen-bond donors (Lipinski definition) is 2. The smallest absolute Gasteiger partial charge is 0.336 e. The summed E-state index contributed by atoms with van der Waals surface area (Å²) in [4.78, 5) is 19.8. The van der Waals surface area contributed by atoms with Crippen molar-refractivity contribution in [3.05, 3.63) is 23.4 Å². The molecule has 0 aromatic carbocycles. The van der Waals surface area contributed by atoms with Crippen molar-refractivity contribution in [2.45, 2.75) is 38.1 Å². The van der Waals surface area contributed by atoms with Crippen molar-refractivity contribution >= 4 is 17.5 Å². The van der Waals surface area contributed by atoms with E-state index >= 15 is 0 Å². The van der Waals surface area contributed by atoms with Gasteiger partial charge in [-0.3, -0.25) is 0 Å². The van der Waals surface area contributed by atoms with Crippen LogP contribution in [0.2, 0.25) is 0 Å². The van der Waals surface area contributed by atoms with Gasteiger partial charge in [0.25, 0.3) is 0 Å². The number of piperidine rings is 1. The lowest BCUT2D eigenvalue weighted by molar-refractivity contribution is 0.0696. The summed E-state index contributed by atoms with van der Waals surface area (Å²) in [5.74, 6) is -0.309. The van der Waals surface area contributed by atoms with Crippen LogP contribution >= 0.6 is 0 Å². The highest BCUT2D eigenvalue weighted by Crippen LogP contribution is 2.29. The Kier molecular flexibility index (Phi) is 3.29. The summed E-state index contributed by atoms with van der Waals surface area (Å²) in [7, 11) is 0. The molecule has 1 unspecified atom stereocenters. The molecule has 1 fully saturated rings. The maximum Gasteiger partial charge on any atom is 0.336 e. The van der Waals surface area contributed by atoms with Gasteiger partial charge < -0.3 is 10.4 Å². The molecule has 1 atom stereocenters. The lowest BCUT2D eigenvalue weighted by Gasteiger charge is -2.23. The third kappa shape index (κ3) is 2.51. The molecule has 1 saturated heterocycles. The first-order valence-electron chi connectivity index (χ1n) is 6.75. The van der Waals surface area contributed by atoms with Crippen LogP contribution in [0.5, 0.6) is 0 Å². The first-order chi connectivity index (χ1) is 9.24. The Morgan fingerprint density at radius 1 is 1.47 bits per heavy atom. The van der Waals surface area contributed by atoms with E-state index in [1.807, 2.05) is 0 Å². The Morgan fingerprint density at radius 3 is 3.11 bits per heavy atom. The highest BCUT2D eigenvalue weighted by Gasteiger charge is 2.24. The number of aliphatic imine (C=N–C) groups is 1. The Hall–Kier alpha value is -1.75. The molecule has 0 radical (unpaired) electrons. The molecular formula is C14H17N3O2. The van der Waals surface area contributed by atoms with Crippen molar-refractivity contribution in [3.63, 3.8) is 0 Å². The number of nitrogens with one attached hydrogen (secondary N) is 1. The zero-order chi connectivity index (χ0) is 13.2. The van der Waals surface area contributed by atoms with Crippen molar-refractivity contribution in [1.82, 2.24) is 10.3 Å². The maximum absolute atomic E-state index is 11.2. The zero-order valence-electron chi connectivity index (χ0n) is 10.7. The summed E-state index contributed by atoms with van der Waals surface area (Å²) in [5, 5.41) is 12.7. The van der Waals surface area contributed by atoms with Gasteiger partial charge in [-0.05, 0) is 25.5 Å². The fourth-order valence-electron chi connectivity index (χ4n) is 2.85. The average Bonchev–Trinajstić information content (AvgIpc) is 2.81. The number of nitrogens with zero attached hydrogens (tertiary/aromatic N) is 2. The van der Waals surface area contributed by atoms with Crippen molar-refractivity contribution < 1.29 is 9.90 Å². The Balaban J connectivity index is 1.75. The standard InChI is InChI=1S/C14H17N3O2/c18-14(19)11-4-6-16-13-12(11)8-10(17-13)7-9-3-1-2-5-15-9/h4,6,9,15H,1-3,5,7-8H2,(H,18,19). The van der Waals surface area contributed by atoms with E-state index in [0.717, 1.165) is 24.2 Å². The van der Waals surface area contributed by atoms with Gasteiger partial charge in [0.15, 0.2) is 5.82 Å². The molecule has 2 aliphatic heterocycles.